The zero-order valence-electron chi connectivity index (χ0n) is 10.3. The summed E-state index contributed by atoms with van der Waals surface area (Å²) in [6.07, 6.45) is 0.464. The maximum absolute atomic E-state index is 10.8. The first-order valence-corrected chi connectivity index (χ1v) is 5.64. The molecule has 0 bridgehead atoms. The van der Waals surface area contributed by atoms with Crippen LogP contribution >= 0.6 is 0 Å². The lowest BCUT2D eigenvalue weighted by Crippen LogP contribution is -2.28. The van der Waals surface area contributed by atoms with Gasteiger partial charge in [0, 0.05) is 13.3 Å². The molecule has 7 heteroatoms. The molecule has 0 radical (unpaired) electrons. The van der Waals surface area contributed by atoms with Crippen molar-refractivity contribution in [1.82, 2.24) is 20.4 Å². The predicted octanol–water partition coefficient (Wildman–Crippen LogP) is 0.631. The van der Waals surface area contributed by atoms with Crippen LogP contribution < -0.4 is 10.9 Å². The van der Waals surface area contributed by atoms with E-state index in [1.54, 1.807) is 0 Å². The molecule has 0 saturated carbocycles. The summed E-state index contributed by atoms with van der Waals surface area (Å²) in [4.78, 5) is 22.4. The van der Waals surface area contributed by atoms with Crippen LogP contribution in [0, 0.1) is 0 Å². The van der Waals surface area contributed by atoms with Gasteiger partial charge in [-0.2, -0.15) is 15.0 Å². The fourth-order valence-corrected chi connectivity index (χ4v) is 1.46. The number of nitrogens with zero attached hydrogens (tertiary/aromatic N) is 3. The van der Waals surface area contributed by atoms with Crippen LogP contribution in [0.3, 0.4) is 0 Å². The Morgan fingerprint density at radius 1 is 1.21 bits per heavy atom. The number of anilines is 1. The topological polar surface area (TPSA) is 100 Å². The molecule has 98 valence electrons. The molecule has 0 aliphatic carbocycles. The van der Waals surface area contributed by atoms with Crippen LogP contribution in [0.2, 0.25) is 0 Å². The molecular weight excluding hydrogens is 246 g/mol. The van der Waals surface area contributed by atoms with Crippen molar-refractivity contribution in [1.29, 1.82) is 0 Å². The molecule has 0 saturated heterocycles. The second kappa shape index (κ2) is 5.76. The highest BCUT2D eigenvalue weighted by atomic mass is 16.3. The standard InChI is InChI=1S/C12H13N5O2/c1-8(18)16-17-11-13-10(14-12(19)15-11)7-9-5-3-2-4-6-9/h2-6H,7H2,1H3,(H,16,18)(H2,13,14,15,17,19). The zero-order valence-corrected chi connectivity index (χ0v) is 10.3. The molecule has 0 aliphatic heterocycles. The van der Waals surface area contributed by atoms with Gasteiger partial charge in [0.05, 0.1) is 0 Å². The van der Waals surface area contributed by atoms with E-state index < -0.39 is 6.01 Å². The lowest BCUT2D eigenvalue weighted by molar-refractivity contribution is -0.118. The number of nitrogens with one attached hydrogen (secondary N) is 2. The fourth-order valence-electron chi connectivity index (χ4n) is 1.46. The van der Waals surface area contributed by atoms with Crippen molar-refractivity contribution in [2.45, 2.75) is 13.3 Å². The lowest BCUT2D eigenvalue weighted by atomic mass is 10.1. The van der Waals surface area contributed by atoms with Crippen LogP contribution in [-0.2, 0) is 11.2 Å². The summed E-state index contributed by atoms with van der Waals surface area (Å²) in [6, 6.07) is 9.20. The Bertz CT molecular complexity index is 574. The summed E-state index contributed by atoms with van der Waals surface area (Å²) >= 11 is 0. The quantitative estimate of drug-likeness (QED) is 0.696. The van der Waals surface area contributed by atoms with E-state index in [1.807, 2.05) is 30.3 Å². The number of hydrogen-bond acceptors (Lipinski definition) is 6. The Hall–Kier alpha value is -2.70. The second-order valence-corrected chi connectivity index (χ2v) is 3.84. The molecule has 0 atom stereocenters. The highest BCUT2D eigenvalue weighted by molar-refractivity contribution is 5.73. The Kier molecular flexibility index (Phi) is 3.87. The molecule has 2 aromatic rings. The van der Waals surface area contributed by atoms with Crippen molar-refractivity contribution in [2.24, 2.45) is 0 Å². The van der Waals surface area contributed by atoms with Gasteiger partial charge in [-0.25, -0.2) is 0 Å². The number of benzene rings is 1. The molecule has 1 aromatic carbocycles. The third kappa shape index (κ3) is 3.91. The summed E-state index contributed by atoms with van der Waals surface area (Å²) in [6.45, 7) is 1.35. The Balaban J connectivity index is 2.14. The van der Waals surface area contributed by atoms with E-state index in [2.05, 4.69) is 25.8 Å². The highest BCUT2D eigenvalue weighted by Crippen LogP contribution is 2.09. The van der Waals surface area contributed by atoms with Crippen LogP contribution in [0.5, 0.6) is 6.01 Å². The monoisotopic (exact) mass is 259 g/mol. The molecule has 3 N–H and O–H groups in total. The molecule has 1 aromatic heterocycles. The van der Waals surface area contributed by atoms with E-state index >= 15 is 0 Å². The van der Waals surface area contributed by atoms with Crippen molar-refractivity contribution >= 4 is 11.9 Å². The highest BCUT2D eigenvalue weighted by Gasteiger charge is 2.06. The number of hydrogen-bond donors (Lipinski definition) is 3. The Labute approximate surface area is 109 Å². The molecule has 1 heterocycles. The molecular formula is C12H13N5O2. The first-order valence-electron chi connectivity index (χ1n) is 5.64. The largest absolute Gasteiger partial charge is 0.479 e. The summed E-state index contributed by atoms with van der Waals surface area (Å²) in [5, 5.41) is 9.42. The minimum Gasteiger partial charge on any atom is -0.479 e. The molecule has 0 spiro atoms. The van der Waals surface area contributed by atoms with E-state index in [1.165, 1.54) is 6.92 Å². The molecule has 19 heavy (non-hydrogen) atoms. The van der Waals surface area contributed by atoms with Gasteiger partial charge in [-0.05, 0) is 5.56 Å². The van der Waals surface area contributed by atoms with E-state index in [-0.39, 0.29) is 11.9 Å². The molecule has 0 fully saturated rings. The van der Waals surface area contributed by atoms with Crippen molar-refractivity contribution in [3.63, 3.8) is 0 Å². The van der Waals surface area contributed by atoms with Gasteiger partial charge in [0.15, 0.2) is 0 Å². The third-order valence-corrected chi connectivity index (χ3v) is 2.23. The summed E-state index contributed by atoms with van der Waals surface area (Å²) in [5.41, 5.74) is 5.83. The summed E-state index contributed by atoms with van der Waals surface area (Å²) in [7, 11) is 0. The molecule has 7 nitrogen and oxygen atoms in total. The van der Waals surface area contributed by atoms with Crippen LogP contribution in [0.4, 0.5) is 5.95 Å². The van der Waals surface area contributed by atoms with Crippen LogP contribution in [-0.4, -0.2) is 26.0 Å². The average Bonchev–Trinajstić information content (AvgIpc) is 2.37. The summed E-state index contributed by atoms with van der Waals surface area (Å²) < 4.78 is 0. The van der Waals surface area contributed by atoms with Crippen molar-refractivity contribution in [2.75, 3.05) is 5.43 Å². The number of aromatic nitrogens is 3. The third-order valence-electron chi connectivity index (χ3n) is 2.23. The average molecular weight is 259 g/mol. The number of carbonyl (C=O) groups is 1. The summed E-state index contributed by atoms with van der Waals surface area (Å²) in [5.74, 6) is 0.213. The maximum Gasteiger partial charge on any atom is 0.319 e. The van der Waals surface area contributed by atoms with Gasteiger partial charge in [-0.15, -0.1) is 0 Å². The maximum atomic E-state index is 10.8. The van der Waals surface area contributed by atoms with E-state index in [0.29, 0.717) is 12.2 Å². The van der Waals surface area contributed by atoms with E-state index in [0.717, 1.165) is 5.56 Å². The zero-order chi connectivity index (χ0) is 13.7. The minimum absolute atomic E-state index is 0.0913. The van der Waals surface area contributed by atoms with Gasteiger partial charge in [0.2, 0.25) is 11.9 Å². The number of rotatable bonds is 4. The molecule has 2 rings (SSSR count). The molecule has 1 amide bonds. The Morgan fingerprint density at radius 2 is 1.95 bits per heavy atom. The second-order valence-electron chi connectivity index (χ2n) is 3.84. The van der Waals surface area contributed by atoms with Gasteiger partial charge in [0.25, 0.3) is 0 Å². The predicted molar refractivity (Wildman–Crippen MR) is 68.2 cm³/mol. The Morgan fingerprint density at radius 3 is 2.63 bits per heavy atom. The van der Waals surface area contributed by atoms with E-state index in [9.17, 15) is 9.90 Å². The van der Waals surface area contributed by atoms with E-state index in [4.69, 9.17) is 0 Å². The first-order chi connectivity index (χ1) is 9.13. The van der Waals surface area contributed by atoms with Crippen LogP contribution in [0.25, 0.3) is 0 Å². The van der Waals surface area contributed by atoms with Crippen molar-refractivity contribution < 1.29 is 9.90 Å². The van der Waals surface area contributed by atoms with Gasteiger partial charge >= 0.3 is 6.01 Å². The first kappa shape index (κ1) is 12.7. The van der Waals surface area contributed by atoms with Crippen LogP contribution in [0.1, 0.15) is 18.3 Å². The minimum atomic E-state index is -0.395. The van der Waals surface area contributed by atoms with Crippen molar-refractivity contribution in [3.8, 4) is 6.01 Å². The number of aromatic hydroxyl groups is 1. The lowest BCUT2D eigenvalue weighted by Gasteiger charge is -2.06. The fraction of sp³-hybridized carbons (Fsp3) is 0.167. The number of hydrazine groups is 1. The van der Waals surface area contributed by atoms with Gasteiger partial charge in [-0.1, -0.05) is 30.3 Å². The number of amides is 1. The number of carbonyl (C=O) groups excluding carboxylic acids is 1. The van der Waals surface area contributed by atoms with Crippen molar-refractivity contribution in [3.05, 3.63) is 41.7 Å². The van der Waals surface area contributed by atoms with Gasteiger partial charge in [0.1, 0.15) is 5.82 Å². The van der Waals surface area contributed by atoms with Gasteiger partial charge in [-0.3, -0.25) is 15.6 Å². The smallest absolute Gasteiger partial charge is 0.319 e. The van der Waals surface area contributed by atoms with Gasteiger partial charge < -0.3 is 5.11 Å². The molecule has 0 aliphatic rings. The molecule has 0 unspecified atom stereocenters. The SMILES string of the molecule is CC(=O)NNc1nc(O)nc(Cc2ccccc2)n1. The normalized spacial score (nSPS) is 9.95. The van der Waals surface area contributed by atoms with Crippen LogP contribution in [0.15, 0.2) is 30.3 Å².